The van der Waals surface area contributed by atoms with Crippen molar-refractivity contribution in [2.24, 2.45) is 5.73 Å². The first kappa shape index (κ1) is 38.3. The van der Waals surface area contributed by atoms with E-state index in [-0.39, 0.29) is 17.5 Å². The fourth-order valence-electron chi connectivity index (χ4n) is 4.82. The van der Waals surface area contributed by atoms with Crippen LogP contribution in [0.1, 0.15) is 48.9 Å². The van der Waals surface area contributed by atoms with E-state index in [0.717, 1.165) is 0 Å². The van der Waals surface area contributed by atoms with Gasteiger partial charge in [-0.1, -0.05) is 0 Å². The molecule has 21 heteroatoms. The minimum absolute atomic E-state index is 0.122. The number of aliphatic carboxylic acids is 4. The molecule has 0 saturated carbocycles. The third-order valence-corrected chi connectivity index (χ3v) is 7.47. The molecular formula is C29H39N9O12. The van der Waals surface area contributed by atoms with Crippen LogP contribution >= 0.6 is 0 Å². The molecule has 0 aromatic heterocycles. The van der Waals surface area contributed by atoms with Crippen molar-refractivity contribution in [3.8, 4) is 0 Å². The fraction of sp³-hybridized carbons (Fsp3) is 0.448. The summed E-state index contributed by atoms with van der Waals surface area (Å²) in [6, 6.07) is 1.32. The summed E-state index contributed by atoms with van der Waals surface area (Å²) in [4.78, 5) is 94.9. The number of benzene rings is 1. The summed E-state index contributed by atoms with van der Waals surface area (Å²) in [6.07, 6.45) is -3.49. The molecule has 2 aliphatic heterocycles. The Balaban J connectivity index is 1.45. The maximum absolute atomic E-state index is 12.8. The van der Waals surface area contributed by atoms with E-state index in [0.29, 0.717) is 30.3 Å². The van der Waals surface area contributed by atoms with Gasteiger partial charge in [-0.25, -0.2) is 14.4 Å². The molecule has 0 aliphatic carbocycles. The number of carboxylic acids is 4. The zero-order chi connectivity index (χ0) is 37.0. The van der Waals surface area contributed by atoms with Crippen LogP contribution in [0.3, 0.4) is 0 Å². The van der Waals surface area contributed by atoms with E-state index in [1.807, 2.05) is 0 Å². The van der Waals surface area contributed by atoms with Crippen LogP contribution in [0.15, 0.2) is 35.8 Å². The smallest absolute Gasteiger partial charge is 0.326 e. The summed E-state index contributed by atoms with van der Waals surface area (Å²) in [5.41, 5.74) is 6.77. The monoisotopic (exact) mass is 705 g/mol. The van der Waals surface area contributed by atoms with Crippen molar-refractivity contribution >= 4 is 53.2 Å². The second-order valence-electron chi connectivity index (χ2n) is 11.3. The Morgan fingerprint density at radius 2 is 1.26 bits per heavy atom. The number of carbonyl (C=O) groups excluding carboxylic acids is 4. The Hall–Kier alpha value is -6.12. The Morgan fingerprint density at radius 1 is 0.740 bits per heavy atom. The molecule has 2 heterocycles. The molecular weight excluding hydrogens is 666 g/mol. The molecule has 2 aliphatic rings. The van der Waals surface area contributed by atoms with Crippen LogP contribution in [0.5, 0.6) is 0 Å². The molecule has 0 fully saturated rings. The van der Waals surface area contributed by atoms with Crippen molar-refractivity contribution in [3.63, 3.8) is 0 Å². The normalized spacial score (nSPS) is 18.2. The highest BCUT2D eigenvalue weighted by Crippen LogP contribution is 2.13. The molecule has 1 unspecified atom stereocenters. The largest absolute Gasteiger partial charge is 0.481 e. The van der Waals surface area contributed by atoms with Gasteiger partial charge < -0.3 is 63.0 Å². The van der Waals surface area contributed by atoms with Gasteiger partial charge in [-0.05, 0) is 43.5 Å². The van der Waals surface area contributed by atoms with E-state index in [2.05, 4.69) is 42.5 Å². The Bertz CT molecular complexity index is 1520. The van der Waals surface area contributed by atoms with E-state index in [1.54, 1.807) is 12.1 Å². The average molecular weight is 706 g/mol. The summed E-state index contributed by atoms with van der Waals surface area (Å²) in [6.45, 7) is 0.877. The zero-order valence-electron chi connectivity index (χ0n) is 26.5. The topological polar surface area (TPSA) is 340 Å². The number of rotatable bonds is 19. The maximum Gasteiger partial charge on any atom is 0.326 e. The van der Waals surface area contributed by atoms with Gasteiger partial charge in [0, 0.05) is 43.6 Å². The highest BCUT2D eigenvalue weighted by Gasteiger charge is 2.30. The van der Waals surface area contributed by atoms with E-state index in [9.17, 15) is 48.6 Å². The zero-order valence-corrected chi connectivity index (χ0v) is 26.5. The Labute approximate surface area is 283 Å². The van der Waals surface area contributed by atoms with Gasteiger partial charge in [-0.3, -0.25) is 29.7 Å². The van der Waals surface area contributed by atoms with Crippen molar-refractivity contribution in [1.82, 2.24) is 37.2 Å². The molecule has 50 heavy (non-hydrogen) atoms. The number of carboxylic acid groups (broad SMARTS) is 4. The molecule has 272 valence electrons. The van der Waals surface area contributed by atoms with E-state index in [4.69, 9.17) is 15.9 Å². The van der Waals surface area contributed by atoms with Crippen LogP contribution in [-0.2, 0) is 33.6 Å². The first-order valence-electron chi connectivity index (χ1n) is 15.3. The average Bonchev–Trinajstić information content (AvgIpc) is 3.05. The minimum atomic E-state index is -1.58. The van der Waals surface area contributed by atoms with Gasteiger partial charge in [-0.15, -0.1) is 0 Å². The lowest BCUT2D eigenvalue weighted by Gasteiger charge is -2.35. The molecule has 1 aromatic rings. The Kier molecular flexibility index (Phi) is 13.7. The quantitative estimate of drug-likeness (QED) is 0.0665. The van der Waals surface area contributed by atoms with Crippen LogP contribution in [-0.4, -0.2) is 111 Å². The van der Waals surface area contributed by atoms with E-state index >= 15 is 0 Å². The van der Waals surface area contributed by atoms with Crippen molar-refractivity contribution in [2.45, 2.75) is 69.0 Å². The highest BCUT2D eigenvalue weighted by atomic mass is 16.4. The lowest BCUT2D eigenvalue weighted by Crippen LogP contribution is -2.64. The van der Waals surface area contributed by atoms with E-state index < -0.39 is 105 Å². The van der Waals surface area contributed by atoms with Crippen molar-refractivity contribution in [2.75, 3.05) is 18.4 Å². The van der Waals surface area contributed by atoms with Gasteiger partial charge >= 0.3 is 23.9 Å². The lowest BCUT2D eigenvalue weighted by atomic mass is 10.1. The summed E-state index contributed by atoms with van der Waals surface area (Å²) in [5.74, 6) is -8.05. The van der Waals surface area contributed by atoms with Crippen LogP contribution in [0.25, 0.3) is 0 Å². The van der Waals surface area contributed by atoms with Gasteiger partial charge in [0.2, 0.25) is 11.8 Å². The highest BCUT2D eigenvalue weighted by molar-refractivity contribution is 5.97. The molecule has 1 aromatic carbocycles. The second kappa shape index (κ2) is 17.9. The third kappa shape index (κ3) is 11.8. The molecule has 3 rings (SSSR count). The van der Waals surface area contributed by atoms with Crippen molar-refractivity contribution in [3.05, 3.63) is 41.3 Å². The van der Waals surface area contributed by atoms with Crippen molar-refractivity contribution < 1.29 is 58.8 Å². The van der Waals surface area contributed by atoms with Gasteiger partial charge in [0.1, 0.15) is 29.6 Å². The second-order valence-corrected chi connectivity index (χ2v) is 11.3. The SMILES string of the molecule is NC1NC(=O)C2=C(NC[C@H](CNc3ccc(C(=O)N[C@@H](CCC(=O)N[C@@H](CCC(=O)N[C@@H](CCC(=O)O)C(=O)O)C(=O)O)C(=O)O)cc3)N2)N1. The molecule has 14 N–H and O–H groups in total. The predicted octanol–water partition coefficient (Wildman–Crippen LogP) is -3.46. The summed E-state index contributed by atoms with van der Waals surface area (Å²) >= 11 is 0. The maximum atomic E-state index is 12.8. The number of nitrogens with one attached hydrogen (secondary N) is 8. The lowest BCUT2D eigenvalue weighted by molar-refractivity contribution is -0.144. The van der Waals surface area contributed by atoms with Crippen LogP contribution < -0.4 is 48.3 Å². The number of carbonyl (C=O) groups is 8. The summed E-state index contributed by atoms with van der Waals surface area (Å²) in [7, 11) is 0. The van der Waals surface area contributed by atoms with E-state index in [1.165, 1.54) is 12.1 Å². The first-order valence-corrected chi connectivity index (χ1v) is 15.3. The van der Waals surface area contributed by atoms with Gasteiger partial charge in [0.15, 0.2) is 6.29 Å². The number of hydrogen-bond donors (Lipinski definition) is 13. The number of hydrogen-bond acceptors (Lipinski definition) is 13. The van der Waals surface area contributed by atoms with Gasteiger partial charge in [0.25, 0.3) is 11.8 Å². The Morgan fingerprint density at radius 3 is 1.78 bits per heavy atom. The molecule has 0 spiro atoms. The molecule has 21 nitrogen and oxygen atoms in total. The number of nitrogens with two attached hydrogens (primary N) is 1. The van der Waals surface area contributed by atoms with Crippen LogP contribution in [0.2, 0.25) is 0 Å². The van der Waals surface area contributed by atoms with Gasteiger partial charge in [-0.2, -0.15) is 0 Å². The number of amides is 4. The molecule has 0 bridgehead atoms. The summed E-state index contributed by atoms with van der Waals surface area (Å²) in [5, 5.41) is 58.3. The fourth-order valence-corrected chi connectivity index (χ4v) is 4.82. The number of anilines is 1. The molecule has 4 amide bonds. The summed E-state index contributed by atoms with van der Waals surface area (Å²) < 4.78 is 0. The van der Waals surface area contributed by atoms with Crippen LogP contribution in [0.4, 0.5) is 5.69 Å². The molecule has 5 atom stereocenters. The predicted molar refractivity (Wildman–Crippen MR) is 169 cm³/mol. The first-order chi connectivity index (χ1) is 23.6. The standard InChI is InChI=1S/C29H39N9O12/c30-29-37-23-22(25(44)38-29)33-15(12-32-23)11-31-14-3-1-13(2-4-14)24(43)36-18(28(49)50)6-9-20(40)34-16(26(45)46)5-8-19(39)35-17(27(47)48)7-10-21(41)42/h1-4,15-18,29,31-33,37H,5-12,30H2,(H,34,40)(H,35,39)(H,36,43)(H,38,44)(H,41,42)(H,45,46)(H,47,48)(H,49,50)/t15-,16-,17-,18-,29?/m0/s1. The van der Waals surface area contributed by atoms with Crippen molar-refractivity contribution in [1.29, 1.82) is 0 Å². The van der Waals surface area contributed by atoms with Gasteiger partial charge in [0.05, 0.1) is 6.04 Å². The third-order valence-electron chi connectivity index (χ3n) is 7.47. The van der Waals surface area contributed by atoms with Crippen LogP contribution in [0, 0.1) is 0 Å². The molecule has 0 radical (unpaired) electrons. The minimum Gasteiger partial charge on any atom is -0.481 e. The molecule has 0 saturated heterocycles.